The number of fused-ring (bicyclic) bond motifs is 1. The lowest BCUT2D eigenvalue weighted by atomic mass is 9.99. The molecule has 0 saturated carbocycles. The first-order chi connectivity index (χ1) is 12.4. The summed E-state index contributed by atoms with van der Waals surface area (Å²) >= 11 is 0. The highest BCUT2D eigenvalue weighted by atomic mass is 16.6. The maximum atomic E-state index is 12.1. The van der Waals surface area contributed by atoms with Crippen molar-refractivity contribution in [1.29, 1.82) is 0 Å². The predicted octanol–water partition coefficient (Wildman–Crippen LogP) is -1.62. The molecular weight excluding hydrogens is 344 g/mol. The molecule has 2 aromatic rings. The third-order valence-corrected chi connectivity index (χ3v) is 4.49. The van der Waals surface area contributed by atoms with Gasteiger partial charge in [-0.2, -0.15) is 0 Å². The van der Waals surface area contributed by atoms with Gasteiger partial charge in [0.1, 0.15) is 37.1 Å². The lowest BCUT2D eigenvalue weighted by Gasteiger charge is -2.37. The summed E-state index contributed by atoms with van der Waals surface area (Å²) in [6.45, 7) is -0.414. The zero-order chi connectivity index (χ0) is 18.8. The van der Waals surface area contributed by atoms with Crippen molar-refractivity contribution < 1.29 is 34.7 Å². The Bertz CT molecular complexity index is 764. The Labute approximate surface area is 149 Å². The number of aliphatic hydroxyl groups is 4. The summed E-state index contributed by atoms with van der Waals surface area (Å²) < 4.78 is 9.99. The Morgan fingerprint density at radius 1 is 1.19 bits per heavy atom. The molecular formula is C17H22N2O7. The summed E-state index contributed by atoms with van der Waals surface area (Å²) in [6, 6.07) is 6.67. The number of carbonyl (C=O) groups is 1. The van der Waals surface area contributed by atoms with Crippen LogP contribution in [-0.2, 0) is 20.7 Å². The van der Waals surface area contributed by atoms with E-state index >= 15 is 0 Å². The number of aliphatic hydroxyl groups excluding tert-OH is 4. The zero-order valence-corrected chi connectivity index (χ0v) is 13.9. The van der Waals surface area contributed by atoms with Crippen molar-refractivity contribution in [3.05, 3.63) is 36.0 Å². The van der Waals surface area contributed by atoms with Gasteiger partial charge in [0.25, 0.3) is 0 Å². The average Bonchev–Trinajstić information content (AvgIpc) is 3.04. The third-order valence-electron chi connectivity index (χ3n) is 4.49. The van der Waals surface area contributed by atoms with Crippen LogP contribution in [0, 0.1) is 0 Å². The molecule has 1 saturated heterocycles. The molecule has 1 aromatic carbocycles. The number of H-pyrrole nitrogens is 1. The summed E-state index contributed by atoms with van der Waals surface area (Å²) in [7, 11) is 0. The van der Waals surface area contributed by atoms with Gasteiger partial charge in [-0.15, -0.1) is 0 Å². The Kier molecular flexibility index (Phi) is 5.56. The van der Waals surface area contributed by atoms with Crippen LogP contribution < -0.4 is 5.73 Å². The number of aromatic nitrogens is 1. The van der Waals surface area contributed by atoms with Crippen LogP contribution in [0.4, 0.5) is 0 Å². The first kappa shape index (κ1) is 18.8. The number of rotatable bonds is 5. The number of hydrogen-bond donors (Lipinski definition) is 6. The Morgan fingerprint density at radius 3 is 2.69 bits per heavy atom. The van der Waals surface area contributed by atoms with E-state index in [0.29, 0.717) is 0 Å². The fraction of sp³-hybridized carbons (Fsp3) is 0.471. The Hall–Kier alpha value is -2.01. The minimum absolute atomic E-state index is 0.251. The molecule has 0 radical (unpaired) electrons. The number of carbonyl (C=O) groups excluding carboxylic acids is 1. The molecule has 2 heterocycles. The SMILES string of the molecule is N[C@@H](Cc1c[nH]c2ccccc12)C(=O)OC[C@H]1O[C@H](O)[C@@H](O)[C@@H](O)[C@@H]1O. The van der Waals surface area contributed by atoms with Gasteiger partial charge in [0.15, 0.2) is 6.29 Å². The number of ether oxygens (including phenoxy) is 2. The van der Waals surface area contributed by atoms with Gasteiger partial charge in [-0.3, -0.25) is 4.79 Å². The lowest BCUT2D eigenvalue weighted by Crippen LogP contribution is -2.58. The van der Waals surface area contributed by atoms with Crippen LogP contribution in [0.5, 0.6) is 0 Å². The van der Waals surface area contributed by atoms with Crippen LogP contribution in [-0.4, -0.2) is 74.7 Å². The van der Waals surface area contributed by atoms with Crippen LogP contribution in [0.25, 0.3) is 10.9 Å². The molecule has 0 unspecified atom stereocenters. The summed E-state index contributed by atoms with van der Waals surface area (Å²) in [5.41, 5.74) is 7.70. The van der Waals surface area contributed by atoms with Crippen molar-refractivity contribution >= 4 is 16.9 Å². The molecule has 26 heavy (non-hydrogen) atoms. The number of aromatic amines is 1. The van der Waals surface area contributed by atoms with Crippen LogP contribution in [0.15, 0.2) is 30.5 Å². The number of benzene rings is 1. The first-order valence-electron chi connectivity index (χ1n) is 8.23. The predicted molar refractivity (Wildman–Crippen MR) is 89.8 cm³/mol. The van der Waals surface area contributed by atoms with Gasteiger partial charge in [-0.05, 0) is 11.6 Å². The highest BCUT2D eigenvalue weighted by Crippen LogP contribution is 2.21. The summed E-state index contributed by atoms with van der Waals surface area (Å²) in [6.07, 6.45) is -5.58. The second-order valence-electron chi connectivity index (χ2n) is 6.34. The van der Waals surface area contributed by atoms with Crippen molar-refractivity contribution in [2.45, 2.75) is 43.2 Å². The highest BCUT2D eigenvalue weighted by Gasteiger charge is 2.43. The molecule has 0 bridgehead atoms. The normalized spacial score (nSPS) is 30.3. The molecule has 142 valence electrons. The van der Waals surface area contributed by atoms with Gasteiger partial charge >= 0.3 is 5.97 Å². The zero-order valence-electron chi connectivity index (χ0n) is 13.9. The van der Waals surface area contributed by atoms with Gasteiger partial charge < -0.3 is 40.6 Å². The molecule has 0 amide bonds. The molecule has 1 aliphatic rings. The molecule has 9 nitrogen and oxygen atoms in total. The van der Waals surface area contributed by atoms with E-state index in [-0.39, 0.29) is 6.42 Å². The number of para-hydroxylation sites is 1. The monoisotopic (exact) mass is 366 g/mol. The van der Waals surface area contributed by atoms with E-state index in [1.807, 2.05) is 24.3 Å². The Morgan fingerprint density at radius 2 is 1.92 bits per heavy atom. The van der Waals surface area contributed by atoms with Crippen molar-refractivity contribution in [1.82, 2.24) is 4.98 Å². The van der Waals surface area contributed by atoms with E-state index < -0.39 is 49.3 Å². The summed E-state index contributed by atoms with van der Waals surface area (Å²) in [4.78, 5) is 15.2. The minimum Gasteiger partial charge on any atom is -0.462 e. The number of nitrogens with one attached hydrogen (secondary N) is 1. The molecule has 0 spiro atoms. The van der Waals surface area contributed by atoms with Gasteiger partial charge in [0.2, 0.25) is 0 Å². The molecule has 1 aliphatic heterocycles. The van der Waals surface area contributed by atoms with E-state index in [2.05, 4.69) is 4.98 Å². The van der Waals surface area contributed by atoms with E-state index in [4.69, 9.17) is 15.2 Å². The smallest absolute Gasteiger partial charge is 0.323 e. The fourth-order valence-electron chi connectivity index (χ4n) is 2.96. The molecule has 1 fully saturated rings. The van der Waals surface area contributed by atoms with Crippen molar-refractivity contribution in [2.75, 3.05) is 6.61 Å². The maximum absolute atomic E-state index is 12.1. The van der Waals surface area contributed by atoms with E-state index in [9.17, 15) is 25.2 Å². The first-order valence-corrected chi connectivity index (χ1v) is 8.23. The second kappa shape index (κ2) is 7.70. The standard InChI is InChI=1S/C17H22N2O7/c18-10(5-8-6-19-11-4-2-1-3-9(8)11)16(23)25-7-12-13(20)14(21)15(22)17(24)26-12/h1-4,6,10,12-15,17,19-22,24H,5,7,18H2/t10-,12+,13+,14-,15-,17-/m0/s1. The van der Waals surface area contributed by atoms with Crippen molar-refractivity contribution in [2.24, 2.45) is 5.73 Å². The van der Waals surface area contributed by atoms with Crippen molar-refractivity contribution in [3.8, 4) is 0 Å². The van der Waals surface area contributed by atoms with Gasteiger partial charge in [-0.25, -0.2) is 0 Å². The van der Waals surface area contributed by atoms with Gasteiger partial charge in [-0.1, -0.05) is 18.2 Å². The largest absolute Gasteiger partial charge is 0.462 e. The number of hydrogen-bond acceptors (Lipinski definition) is 8. The third kappa shape index (κ3) is 3.73. The fourth-order valence-corrected chi connectivity index (χ4v) is 2.96. The molecule has 1 aromatic heterocycles. The highest BCUT2D eigenvalue weighted by molar-refractivity contribution is 5.84. The Balaban J connectivity index is 1.56. The molecule has 0 aliphatic carbocycles. The number of nitrogens with two attached hydrogens (primary N) is 1. The summed E-state index contributed by atoms with van der Waals surface area (Å²) in [5, 5.41) is 39.3. The minimum atomic E-state index is -1.68. The van der Waals surface area contributed by atoms with Crippen LogP contribution in [0.3, 0.4) is 0 Å². The maximum Gasteiger partial charge on any atom is 0.323 e. The topological polar surface area (TPSA) is 158 Å². The lowest BCUT2D eigenvalue weighted by molar-refractivity contribution is -0.287. The molecule has 6 atom stereocenters. The molecule has 3 rings (SSSR count). The average molecular weight is 366 g/mol. The van der Waals surface area contributed by atoms with Crippen LogP contribution in [0.2, 0.25) is 0 Å². The quantitative estimate of drug-likeness (QED) is 0.345. The van der Waals surface area contributed by atoms with E-state index in [1.54, 1.807) is 6.20 Å². The van der Waals surface area contributed by atoms with Gasteiger partial charge in [0, 0.05) is 23.5 Å². The second-order valence-corrected chi connectivity index (χ2v) is 6.34. The van der Waals surface area contributed by atoms with Crippen LogP contribution >= 0.6 is 0 Å². The number of esters is 1. The molecule has 9 heteroatoms. The summed E-state index contributed by atoms with van der Waals surface area (Å²) in [5.74, 6) is -0.707. The van der Waals surface area contributed by atoms with E-state index in [1.165, 1.54) is 0 Å². The van der Waals surface area contributed by atoms with E-state index in [0.717, 1.165) is 16.5 Å². The van der Waals surface area contributed by atoms with Crippen molar-refractivity contribution in [3.63, 3.8) is 0 Å². The van der Waals surface area contributed by atoms with Crippen LogP contribution in [0.1, 0.15) is 5.56 Å². The molecule has 7 N–H and O–H groups in total. The van der Waals surface area contributed by atoms with Gasteiger partial charge in [0.05, 0.1) is 0 Å².